The SMILES string of the molecule is CCC1CN(C(=NC)NCCCS(C)(=O)=O)CCC1c1ccccc1. The molecule has 1 saturated heterocycles. The van der Waals surface area contributed by atoms with Gasteiger partial charge in [0.05, 0.1) is 5.75 Å². The lowest BCUT2D eigenvalue weighted by atomic mass is 9.79. The number of hydrogen-bond acceptors (Lipinski definition) is 3. The number of guanidine groups is 1. The van der Waals surface area contributed by atoms with E-state index in [0.717, 1.165) is 31.9 Å². The number of benzene rings is 1. The van der Waals surface area contributed by atoms with E-state index in [4.69, 9.17) is 0 Å². The summed E-state index contributed by atoms with van der Waals surface area (Å²) in [7, 11) is -1.10. The molecule has 2 unspecified atom stereocenters. The van der Waals surface area contributed by atoms with Gasteiger partial charge in [0.15, 0.2) is 5.96 Å². The average Bonchev–Trinajstić information content (AvgIpc) is 2.61. The van der Waals surface area contributed by atoms with E-state index in [2.05, 4.69) is 52.5 Å². The van der Waals surface area contributed by atoms with Gasteiger partial charge in [-0.05, 0) is 30.2 Å². The molecule has 25 heavy (non-hydrogen) atoms. The van der Waals surface area contributed by atoms with Crippen molar-refractivity contribution < 1.29 is 8.42 Å². The van der Waals surface area contributed by atoms with Crippen molar-refractivity contribution in [1.82, 2.24) is 10.2 Å². The van der Waals surface area contributed by atoms with Crippen molar-refractivity contribution in [3.63, 3.8) is 0 Å². The molecule has 6 heteroatoms. The Kier molecular flexibility index (Phi) is 7.29. The van der Waals surface area contributed by atoms with E-state index in [1.165, 1.54) is 11.8 Å². The van der Waals surface area contributed by atoms with E-state index < -0.39 is 9.84 Å². The van der Waals surface area contributed by atoms with Crippen LogP contribution in [0.4, 0.5) is 0 Å². The zero-order valence-corrected chi connectivity index (χ0v) is 16.4. The molecule has 0 aromatic heterocycles. The standard InChI is InChI=1S/C19H31N3O2S/c1-4-16-15-22(13-11-18(16)17-9-6-5-7-10-17)19(20-2)21-12-8-14-25(3,23)24/h5-7,9-10,16,18H,4,8,11-15H2,1-3H3,(H,20,21). The molecule has 0 radical (unpaired) electrons. The fraction of sp³-hybridized carbons (Fsp3) is 0.632. The second-order valence-electron chi connectivity index (χ2n) is 6.88. The first-order valence-corrected chi connectivity index (χ1v) is 11.2. The molecule has 1 aliphatic rings. The van der Waals surface area contributed by atoms with Crippen LogP contribution in [0, 0.1) is 5.92 Å². The Hall–Kier alpha value is -1.56. The van der Waals surface area contributed by atoms with E-state index in [1.54, 1.807) is 7.05 Å². The lowest BCUT2D eigenvalue weighted by molar-refractivity contribution is 0.216. The maximum Gasteiger partial charge on any atom is 0.193 e. The van der Waals surface area contributed by atoms with Gasteiger partial charge in [0, 0.05) is 32.9 Å². The summed E-state index contributed by atoms with van der Waals surface area (Å²) in [5.41, 5.74) is 1.44. The first-order chi connectivity index (χ1) is 11.9. The summed E-state index contributed by atoms with van der Waals surface area (Å²) in [6.07, 6.45) is 4.14. The quantitative estimate of drug-likeness (QED) is 0.478. The summed E-state index contributed by atoms with van der Waals surface area (Å²) >= 11 is 0. The number of piperidine rings is 1. The van der Waals surface area contributed by atoms with Crippen molar-refractivity contribution >= 4 is 15.8 Å². The molecular weight excluding hydrogens is 334 g/mol. The highest BCUT2D eigenvalue weighted by Gasteiger charge is 2.30. The van der Waals surface area contributed by atoms with Crippen LogP contribution in [0.2, 0.25) is 0 Å². The Morgan fingerprint density at radius 1 is 1.32 bits per heavy atom. The number of sulfone groups is 1. The lowest BCUT2D eigenvalue weighted by Crippen LogP contribution is -2.48. The van der Waals surface area contributed by atoms with Gasteiger partial charge in [0.1, 0.15) is 9.84 Å². The van der Waals surface area contributed by atoms with Crippen LogP contribution in [0.1, 0.15) is 37.7 Å². The summed E-state index contributed by atoms with van der Waals surface area (Å²) in [6, 6.07) is 10.8. The summed E-state index contributed by atoms with van der Waals surface area (Å²) in [5.74, 6) is 2.31. The van der Waals surface area contributed by atoms with Crippen LogP contribution in [0.25, 0.3) is 0 Å². The van der Waals surface area contributed by atoms with Crippen LogP contribution >= 0.6 is 0 Å². The number of hydrogen-bond donors (Lipinski definition) is 1. The largest absolute Gasteiger partial charge is 0.356 e. The summed E-state index contributed by atoms with van der Waals surface area (Å²) in [5, 5.41) is 3.32. The Morgan fingerprint density at radius 3 is 2.64 bits per heavy atom. The second-order valence-corrected chi connectivity index (χ2v) is 9.14. The number of rotatable bonds is 6. The number of likely N-dealkylation sites (tertiary alicyclic amines) is 1. The molecule has 5 nitrogen and oxygen atoms in total. The van der Waals surface area contributed by atoms with Crippen LogP contribution in [0.15, 0.2) is 35.3 Å². The molecule has 1 heterocycles. The molecule has 2 atom stereocenters. The summed E-state index contributed by atoms with van der Waals surface area (Å²) in [4.78, 5) is 6.71. The molecule has 1 aliphatic heterocycles. The highest BCUT2D eigenvalue weighted by Crippen LogP contribution is 2.34. The van der Waals surface area contributed by atoms with Crippen LogP contribution in [-0.4, -0.2) is 58.0 Å². The smallest absolute Gasteiger partial charge is 0.193 e. The van der Waals surface area contributed by atoms with Crippen molar-refractivity contribution in [2.24, 2.45) is 10.9 Å². The average molecular weight is 366 g/mol. The Balaban J connectivity index is 1.92. The third-order valence-corrected chi connectivity index (χ3v) is 6.00. The molecule has 1 aromatic carbocycles. The number of nitrogens with one attached hydrogen (secondary N) is 1. The molecule has 2 rings (SSSR count). The van der Waals surface area contributed by atoms with E-state index >= 15 is 0 Å². The van der Waals surface area contributed by atoms with Gasteiger partial charge in [0.2, 0.25) is 0 Å². The molecule has 1 fully saturated rings. The van der Waals surface area contributed by atoms with Crippen molar-refractivity contribution in [3.8, 4) is 0 Å². The first kappa shape index (κ1) is 19.8. The minimum Gasteiger partial charge on any atom is -0.356 e. The number of aliphatic imine (C=N–C) groups is 1. The maximum atomic E-state index is 11.2. The van der Waals surface area contributed by atoms with E-state index in [0.29, 0.717) is 24.8 Å². The normalized spacial score (nSPS) is 22.0. The molecule has 0 saturated carbocycles. The van der Waals surface area contributed by atoms with Crippen LogP contribution in [-0.2, 0) is 9.84 Å². The predicted molar refractivity (Wildman–Crippen MR) is 105 cm³/mol. The van der Waals surface area contributed by atoms with Gasteiger partial charge >= 0.3 is 0 Å². The highest BCUT2D eigenvalue weighted by atomic mass is 32.2. The van der Waals surface area contributed by atoms with Gasteiger partial charge < -0.3 is 10.2 Å². The van der Waals surface area contributed by atoms with Crippen LogP contribution in [0.5, 0.6) is 0 Å². The van der Waals surface area contributed by atoms with Crippen molar-refractivity contribution in [2.45, 2.75) is 32.1 Å². The van der Waals surface area contributed by atoms with Gasteiger partial charge in [-0.3, -0.25) is 4.99 Å². The molecule has 140 valence electrons. The van der Waals surface area contributed by atoms with Gasteiger partial charge in [-0.15, -0.1) is 0 Å². The van der Waals surface area contributed by atoms with Crippen LogP contribution in [0.3, 0.4) is 0 Å². The first-order valence-electron chi connectivity index (χ1n) is 9.13. The van der Waals surface area contributed by atoms with Gasteiger partial charge in [0.25, 0.3) is 0 Å². The molecular formula is C19H31N3O2S. The zero-order chi connectivity index (χ0) is 18.3. The van der Waals surface area contributed by atoms with Crippen molar-refractivity contribution in [2.75, 3.05) is 38.7 Å². The third kappa shape index (κ3) is 6.03. The van der Waals surface area contributed by atoms with Gasteiger partial charge in [-0.2, -0.15) is 0 Å². The molecule has 0 amide bonds. The fourth-order valence-corrected chi connectivity index (χ4v) is 4.31. The van der Waals surface area contributed by atoms with E-state index in [-0.39, 0.29) is 5.75 Å². The zero-order valence-electron chi connectivity index (χ0n) is 15.6. The molecule has 1 N–H and O–H groups in total. The Labute approximate surface area is 152 Å². The minimum atomic E-state index is -2.90. The topological polar surface area (TPSA) is 61.8 Å². The molecule has 0 aliphatic carbocycles. The fourth-order valence-electron chi connectivity index (χ4n) is 3.64. The third-order valence-electron chi connectivity index (χ3n) is 4.97. The minimum absolute atomic E-state index is 0.213. The van der Waals surface area contributed by atoms with E-state index in [9.17, 15) is 8.42 Å². The Bertz CT molecular complexity index is 659. The molecule has 0 bridgehead atoms. The molecule has 0 spiro atoms. The molecule has 1 aromatic rings. The maximum absolute atomic E-state index is 11.2. The monoisotopic (exact) mass is 365 g/mol. The van der Waals surface area contributed by atoms with Crippen LogP contribution < -0.4 is 5.32 Å². The highest BCUT2D eigenvalue weighted by molar-refractivity contribution is 7.90. The summed E-state index contributed by atoms with van der Waals surface area (Å²) < 4.78 is 22.5. The van der Waals surface area contributed by atoms with Gasteiger partial charge in [-0.1, -0.05) is 43.7 Å². The number of nitrogens with zero attached hydrogens (tertiary/aromatic N) is 2. The van der Waals surface area contributed by atoms with Crippen molar-refractivity contribution in [3.05, 3.63) is 35.9 Å². The Morgan fingerprint density at radius 2 is 2.04 bits per heavy atom. The summed E-state index contributed by atoms with van der Waals surface area (Å²) in [6.45, 7) is 4.85. The lowest BCUT2D eigenvalue weighted by Gasteiger charge is -2.40. The second kappa shape index (κ2) is 9.22. The van der Waals surface area contributed by atoms with Crippen molar-refractivity contribution in [1.29, 1.82) is 0 Å². The predicted octanol–water partition coefficient (Wildman–Crippen LogP) is 2.51. The van der Waals surface area contributed by atoms with E-state index in [1.807, 2.05) is 0 Å². The van der Waals surface area contributed by atoms with Gasteiger partial charge in [-0.25, -0.2) is 8.42 Å².